The number of aromatic amines is 1. The van der Waals surface area contributed by atoms with Gasteiger partial charge >= 0.3 is 0 Å². The molecular weight excluding hydrogens is 320 g/mol. The van der Waals surface area contributed by atoms with Crippen LogP contribution in [-0.2, 0) is 13.0 Å². The summed E-state index contributed by atoms with van der Waals surface area (Å²) in [5, 5.41) is 11.8. The van der Waals surface area contributed by atoms with Crippen molar-refractivity contribution in [1.82, 2.24) is 9.88 Å². The minimum atomic E-state index is -0.259. The highest BCUT2D eigenvalue weighted by atomic mass is 16.3. The minimum Gasteiger partial charge on any atom is -0.393 e. The molecule has 0 spiro atoms. The molecule has 2 heterocycles. The van der Waals surface area contributed by atoms with E-state index in [0.717, 1.165) is 25.9 Å². The van der Waals surface area contributed by atoms with Crippen molar-refractivity contribution in [2.75, 3.05) is 6.54 Å². The van der Waals surface area contributed by atoms with Gasteiger partial charge in [0.15, 0.2) is 0 Å². The van der Waals surface area contributed by atoms with Crippen LogP contribution in [0.3, 0.4) is 0 Å². The lowest BCUT2D eigenvalue weighted by Crippen LogP contribution is -2.48. The number of hydrogen-bond donors (Lipinski definition) is 2. The molecule has 0 unspecified atom stereocenters. The summed E-state index contributed by atoms with van der Waals surface area (Å²) in [5.74, 6) is 0.905. The molecule has 2 aliphatic rings. The second kappa shape index (κ2) is 6.26. The van der Waals surface area contributed by atoms with Crippen LogP contribution in [0.5, 0.6) is 0 Å². The van der Waals surface area contributed by atoms with Crippen LogP contribution < -0.4 is 0 Å². The van der Waals surface area contributed by atoms with Gasteiger partial charge in [0.1, 0.15) is 0 Å². The number of rotatable bonds is 3. The molecule has 1 saturated heterocycles. The van der Waals surface area contributed by atoms with Crippen molar-refractivity contribution in [2.45, 2.75) is 38.5 Å². The Morgan fingerprint density at radius 3 is 2.69 bits per heavy atom. The maximum atomic E-state index is 10.4. The number of piperidine rings is 1. The molecule has 134 valence electrons. The van der Waals surface area contributed by atoms with Gasteiger partial charge in [-0.3, -0.25) is 4.90 Å². The molecule has 1 fully saturated rings. The second-order valence-corrected chi connectivity index (χ2v) is 8.10. The Labute approximate surface area is 154 Å². The molecule has 3 heteroatoms. The van der Waals surface area contributed by atoms with E-state index in [4.69, 9.17) is 0 Å². The predicted octanol–water partition coefficient (Wildman–Crippen LogP) is 4.28. The molecule has 5 rings (SSSR count). The fraction of sp³-hybridized carbons (Fsp3) is 0.391. The van der Waals surface area contributed by atoms with E-state index in [1.807, 2.05) is 6.92 Å². The summed E-state index contributed by atoms with van der Waals surface area (Å²) in [6.07, 6.45) is 1.96. The van der Waals surface area contributed by atoms with Gasteiger partial charge in [0.05, 0.1) is 6.10 Å². The third kappa shape index (κ3) is 2.58. The number of nitrogens with one attached hydrogen (secondary N) is 1. The topological polar surface area (TPSA) is 39.3 Å². The summed E-state index contributed by atoms with van der Waals surface area (Å²) >= 11 is 0. The first-order chi connectivity index (χ1) is 12.7. The smallest absolute Gasteiger partial charge is 0.0555 e. The maximum Gasteiger partial charge on any atom is 0.0555 e. The summed E-state index contributed by atoms with van der Waals surface area (Å²) in [5.41, 5.74) is 5.48. The highest BCUT2D eigenvalue weighted by molar-refractivity contribution is 5.85. The van der Waals surface area contributed by atoms with E-state index >= 15 is 0 Å². The Balaban J connectivity index is 1.59. The zero-order valence-electron chi connectivity index (χ0n) is 15.2. The Kier molecular flexibility index (Phi) is 3.87. The van der Waals surface area contributed by atoms with E-state index in [-0.39, 0.29) is 6.10 Å². The number of likely N-dealkylation sites (tertiary alicyclic amines) is 1. The van der Waals surface area contributed by atoms with Gasteiger partial charge in [0, 0.05) is 41.6 Å². The van der Waals surface area contributed by atoms with Crippen LogP contribution >= 0.6 is 0 Å². The van der Waals surface area contributed by atoms with Gasteiger partial charge in [-0.2, -0.15) is 0 Å². The van der Waals surface area contributed by atoms with Crippen LogP contribution in [0, 0.1) is 11.8 Å². The number of para-hydroxylation sites is 1. The van der Waals surface area contributed by atoms with E-state index in [9.17, 15) is 5.11 Å². The lowest BCUT2D eigenvalue weighted by Gasteiger charge is -2.48. The van der Waals surface area contributed by atoms with Gasteiger partial charge in [-0.05, 0) is 42.9 Å². The van der Waals surface area contributed by atoms with Gasteiger partial charge in [-0.1, -0.05) is 48.5 Å². The Hall–Kier alpha value is -2.10. The van der Waals surface area contributed by atoms with E-state index < -0.39 is 0 Å². The molecule has 1 aliphatic heterocycles. The van der Waals surface area contributed by atoms with Crippen LogP contribution in [0.1, 0.15) is 36.2 Å². The molecule has 1 aliphatic carbocycles. The normalized spacial score (nSPS) is 26.6. The maximum absolute atomic E-state index is 10.4. The monoisotopic (exact) mass is 346 g/mol. The number of benzene rings is 2. The van der Waals surface area contributed by atoms with Crippen molar-refractivity contribution in [1.29, 1.82) is 0 Å². The average Bonchev–Trinajstić information content (AvgIpc) is 3.02. The standard InChI is InChI=1S/C23H26N2O/c1-15(26)19-14-25(13-16-7-3-2-4-8-16)22-12-17(19)11-21-23(22)18-9-5-6-10-20(18)24-21/h2-10,15,17,19,22,24,26H,11-14H2,1H3/t15-,17+,19-,22+/m0/s1. The Morgan fingerprint density at radius 1 is 1.12 bits per heavy atom. The average molecular weight is 346 g/mol. The predicted molar refractivity (Wildman–Crippen MR) is 105 cm³/mol. The van der Waals surface area contributed by atoms with Crippen LogP contribution in [0.15, 0.2) is 54.6 Å². The van der Waals surface area contributed by atoms with E-state index in [2.05, 4.69) is 64.5 Å². The SMILES string of the molecule is C[C@H](O)[C@@H]1CN(Cc2ccccc2)[C@@H]2C[C@H]1Cc1[nH]c3ccccc3c12. The Bertz CT molecular complexity index is 914. The summed E-state index contributed by atoms with van der Waals surface area (Å²) < 4.78 is 0. The number of hydrogen-bond acceptors (Lipinski definition) is 2. The third-order valence-electron chi connectivity index (χ3n) is 6.49. The molecule has 2 aromatic carbocycles. The quantitative estimate of drug-likeness (QED) is 0.743. The molecule has 0 radical (unpaired) electrons. The highest BCUT2D eigenvalue weighted by Crippen LogP contribution is 2.48. The van der Waals surface area contributed by atoms with Gasteiger partial charge in [-0.15, -0.1) is 0 Å². The fourth-order valence-electron chi connectivity index (χ4n) is 5.26. The first-order valence-corrected chi connectivity index (χ1v) is 9.76. The van der Waals surface area contributed by atoms with E-state index in [1.165, 1.54) is 27.7 Å². The molecule has 4 atom stereocenters. The van der Waals surface area contributed by atoms with Crippen LogP contribution in [0.2, 0.25) is 0 Å². The first-order valence-electron chi connectivity index (χ1n) is 9.76. The van der Waals surface area contributed by atoms with Crippen LogP contribution in [0.25, 0.3) is 10.9 Å². The molecule has 26 heavy (non-hydrogen) atoms. The summed E-state index contributed by atoms with van der Waals surface area (Å²) in [4.78, 5) is 6.28. The first kappa shape index (κ1) is 16.1. The van der Waals surface area contributed by atoms with Gasteiger partial charge < -0.3 is 10.1 Å². The molecule has 2 bridgehead atoms. The van der Waals surface area contributed by atoms with Crippen LogP contribution in [-0.4, -0.2) is 27.6 Å². The van der Waals surface area contributed by atoms with Crippen molar-refractivity contribution >= 4 is 10.9 Å². The van der Waals surface area contributed by atoms with Gasteiger partial charge in [0.25, 0.3) is 0 Å². The van der Waals surface area contributed by atoms with Crippen LogP contribution in [0.4, 0.5) is 0 Å². The summed E-state index contributed by atoms with van der Waals surface area (Å²) in [6.45, 7) is 3.88. The fourth-order valence-corrected chi connectivity index (χ4v) is 5.26. The zero-order valence-corrected chi connectivity index (χ0v) is 15.2. The lowest BCUT2D eigenvalue weighted by molar-refractivity contribution is -0.0165. The number of fused-ring (bicyclic) bond motifs is 6. The number of H-pyrrole nitrogens is 1. The molecule has 0 saturated carbocycles. The van der Waals surface area contributed by atoms with E-state index in [1.54, 1.807) is 0 Å². The molecule has 2 N–H and O–H groups in total. The number of aromatic nitrogens is 1. The van der Waals surface area contributed by atoms with Crippen molar-refractivity contribution < 1.29 is 5.11 Å². The summed E-state index contributed by atoms with van der Waals surface area (Å²) in [7, 11) is 0. The number of aliphatic hydroxyl groups excluding tert-OH is 1. The molecular formula is C23H26N2O. The number of nitrogens with zero attached hydrogens (tertiary/aromatic N) is 1. The van der Waals surface area contributed by atoms with Crippen molar-refractivity contribution in [2.24, 2.45) is 11.8 Å². The third-order valence-corrected chi connectivity index (χ3v) is 6.49. The van der Waals surface area contributed by atoms with Crippen molar-refractivity contribution in [3.8, 4) is 0 Å². The lowest BCUT2D eigenvalue weighted by atomic mass is 9.70. The number of aliphatic hydroxyl groups is 1. The Morgan fingerprint density at radius 2 is 1.88 bits per heavy atom. The molecule has 3 nitrogen and oxygen atoms in total. The molecule has 3 aromatic rings. The second-order valence-electron chi connectivity index (χ2n) is 8.10. The summed E-state index contributed by atoms with van der Waals surface area (Å²) in [6, 6.07) is 19.9. The van der Waals surface area contributed by atoms with Gasteiger partial charge in [-0.25, -0.2) is 0 Å². The minimum absolute atomic E-state index is 0.259. The van der Waals surface area contributed by atoms with E-state index in [0.29, 0.717) is 17.9 Å². The van der Waals surface area contributed by atoms with Crippen molar-refractivity contribution in [3.05, 3.63) is 71.4 Å². The van der Waals surface area contributed by atoms with Gasteiger partial charge in [0.2, 0.25) is 0 Å². The molecule has 0 amide bonds. The largest absolute Gasteiger partial charge is 0.393 e. The zero-order chi connectivity index (χ0) is 17.7. The molecule has 1 aromatic heterocycles. The van der Waals surface area contributed by atoms with Crippen molar-refractivity contribution in [3.63, 3.8) is 0 Å². The highest BCUT2D eigenvalue weighted by Gasteiger charge is 2.43.